The maximum absolute atomic E-state index is 4.90. The number of thiophene rings is 2. The van der Waals surface area contributed by atoms with E-state index in [-0.39, 0.29) is 0 Å². The minimum Gasteiger partial charge on any atom is -0.251 e. The van der Waals surface area contributed by atoms with Gasteiger partial charge >= 0.3 is 0 Å². The van der Waals surface area contributed by atoms with Crippen molar-refractivity contribution >= 4 is 40.4 Å². The van der Waals surface area contributed by atoms with Crippen molar-refractivity contribution in [3.8, 4) is 11.8 Å². The first kappa shape index (κ1) is 18.0. The first-order valence-electron chi connectivity index (χ1n) is 9.40. The first-order valence-corrected chi connectivity index (χ1v) is 11.2. The van der Waals surface area contributed by atoms with Gasteiger partial charge in [0.2, 0.25) is 0 Å². The number of quaternary nitrogens is 1. The Morgan fingerprint density at radius 3 is 2.72 bits per heavy atom. The zero-order valence-corrected chi connectivity index (χ0v) is 17.3. The summed E-state index contributed by atoms with van der Waals surface area (Å²) >= 11 is 3.49. The summed E-state index contributed by atoms with van der Waals surface area (Å²) in [4.78, 5) is 11.7. The third-order valence-corrected chi connectivity index (χ3v) is 6.80. The molecule has 0 bridgehead atoms. The number of fused-ring (bicyclic) bond motifs is 1. The monoisotopic (exact) mass is 412 g/mol. The van der Waals surface area contributed by atoms with Crippen molar-refractivity contribution in [2.45, 2.75) is 6.42 Å². The summed E-state index contributed by atoms with van der Waals surface area (Å²) in [7, 11) is 0. The zero-order chi connectivity index (χ0) is 19.5. The molecule has 3 aromatic rings. The van der Waals surface area contributed by atoms with Crippen LogP contribution in [0.3, 0.4) is 0 Å². The molecule has 0 saturated heterocycles. The fourth-order valence-corrected chi connectivity index (χ4v) is 4.87. The van der Waals surface area contributed by atoms with E-state index in [2.05, 4.69) is 58.2 Å². The molecule has 2 aliphatic rings. The van der Waals surface area contributed by atoms with Gasteiger partial charge in [-0.05, 0) is 29.6 Å². The molecular weight excluding hydrogens is 394 g/mol. The van der Waals surface area contributed by atoms with Gasteiger partial charge in [0, 0.05) is 27.8 Å². The van der Waals surface area contributed by atoms with Crippen LogP contribution in [0.2, 0.25) is 0 Å². The Balaban J connectivity index is 1.40. The van der Waals surface area contributed by atoms with Crippen LogP contribution in [0, 0.1) is 11.8 Å². The Labute approximate surface area is 178 Å². The van der Waals surface area contributed by atoms with Crippen molar-refractivity contribution < 1.29 is 4.48 Å². The highest BCUT2D eigenvalue weighted by molar-refractivity contribution is 7.11. The molecule has 0 amide bonds. The highest BCUT2D eigenvalue weighted by Gasteiger charge is 2.37. The Morgan fingerprint density at radius 2 is 1.86 bits per heavy atom. The molecule has 0 fully saturated rings. The Hall–Kier alpha value is -3.04. The fraction of sp³-hybridized carbons (Fsp3) is 0.0833. The standard InChI is InChI=1S/C24H18N3S2/c1-2-5-19(6-3-1)8-9-20-15-23(29-18-20)22-17-27(12-10-21-7-4-14-28-21)13-11-25-16-24(27)26-22/h1-7,11,13-18H,10,12H2/q+1. The van der Waals surface area contributed by atoms with Crippen LogP contribution < -0.4 is 0 Å². The van der Waals surface area contributed by atoms with Gasteiger partial charge in [0.25, 0.3) is 5.84 Å². The van der Waals surface area contributed by atoms with E-state index >= 15 is 0 Å². The highest BCUT2D eigenvalue weighted by Crippen LogP contribution is 2.33. The predicted octanol–water partition coefficient (Wildman–Crippen LogP) is 5.54. The van der Waals surface area contributed by atoms with Crippen LogP contribution in [-0.4, -0.2) is 23.1 Å². The molecule has 140 valence electrons. The largest absolute Gasteiger partial charge is 0.256 e. The fourth-order valence-electron chi connectivity index (χ4n) is 3.38. The molecule has 2 aliphatic heterocycles. The van der Waals surface area contributed by atoms with Crippen LogP contribution in [0.5, 0.6) is 0 Å². The summed E-state index contributed by atoms with van der Waals surface area (Å²) in [5.74, 6) is 7.46. The minimum absolute atomic E-state index is 0.625. The van der Waals surface area contributed by atoms with E-state index in [1.807, 2.05) is 42.7 Å². The maximum Gasteiger partial charge on any atom is 0.256 e. The van der Waals surface area contributed by atoms with Gasteiger partial charge in [0.15, 0.2) is 0 Å². The molecule has 3 nitrogen and oxygen atoms in total. The number of hydrogen-bond acceptors (Lipinski definition) is 4. The number of rotatable bonds is 4. The molecule has 0 spiro atoms. The molecule has 0 N–H and O–H groups in total. The average Bonchev–Trinajstić information content (AvgIpc) is 3.51. The van der Waals surface area contributed by atoms with Gasteiger partial charge in [-0.2, -0.15) is 4.99 Å². The van der Waals surface area contributed by atoms with Crippen molar-refractivity contribution in [1.29, 1.82) is 0 Å². The third kappa shape index (κ3) is 3.79. The van der Waals surface area contributed by atoms with Crippen LogP contribution in [-0.2, 0) is 6.42 Å². The molecule has 2 aromatic heterocycles. The van der Waals surface area contributed by atoms with Crippen molar-refractivity contribution in [2.24, 2.45) is 9.98 Å². The molecule has 1 unspecified atom stereocenters. The number of benzene rings is 1. The van der Waals surface area contributed by atoms with Gasteiger partial charge in [-0.3, -0.25) is 4.99 Å². The van der Waals surface area contributed by atoms with Crippen LogP contribution in [0.15, 0.2) is 87.9 Å². The van der Waals surface area contributed by atoms with E-state index in [4.69, 9.17) is 4.99 Å². The van der Waals surface area contributed by atoms with Gasteiger partial charge in [-0.1, -0.05) is 36.1 Å². The third-order valence-electron chi connectivity index (χ3n) is 4.91. The molecule has 1 atom stereocenters. The maximum atomic E-state index is 4.90. The van der Waals surface area contributed by atoms with Gasteiger partial charge in [-0.25, -0.2) is 4.48 Å². The van der Waals surface area contributed by atoms with E-state index in [0.717, 1.165) is 40.5 Å². The van der Waals surface area contributed by atoms with Gasteiger partial charge in [0.1, 0.15) is 24.3 Å². The second-order valence-corrected chi connectivity index (χ2v) is 8.80. The topological polar surface area (TPSA) is 24.7 Å². The quantitative estimate of drug-likeness (QED) is 0.397. The van der Waals surface area contributed by atoms with Crippen LogP contribution >= 0.6 is 22.7 Å². The molecule has 4 heterocycles. The number of hydrogen-bond donors (Lipinski definition) is 0. The van der Waals surface area contributed by atoms with Crippen molar-refractivity contribution in [3.63, 3.8) is 0 Å². The lowest BCUT2D eigenvalue weighted by Gasteiger charge is -2.27. The molecule has 0 radical (unpaired) electrons. The summed E-state index contributed by atoms with van der Waals surface area (Å²) < 4.78 is 0.625. The summed E-state index contributed by atoms with van der Waals surface area (Å²) in [5, 5.41) is 4.23. The molecule has 0 aliphatic carbocycles. The summed E-state index contributed by atoms with van der Waals surface area (Å²) in [6.07, 6.45) is 9.13. The van der Waals surface area contributed by atoms with Crippen LogP contribution in [0.25, 0.3) is 5.70 Å². The van der Waals surface area contributed by atoms with E-state index in [9.17, 15) is 0 Å². The number of nitrogens with zero attached hydrogens (tertiary/aromatic N) is 3. The average molecular weight is 413 g/mol. The molecule has 1 aromatic carbocycles. The van der Waals surface area contributed by atoms with E-state index in [1.165, 1.54) is 4.88 Å². The van der Waals surface area contributed by atoms with Crippen molar-refractivity contribution in [1.82, 2.24) is 0 Å². The number of amidine groups is 1. The Morgan fingerprint density at radius 1 is 0.966 bits per heavy atom. The number of aliphatic imine (C=N–C) groups is 2. The first-order chi connectivity index (χ1) is 14.3. The van der Waals surface area contributed by atoms with Crippen molar-refractivity contribution in [3.05, 3.63) is 98.8 Å². The summed E-state index contributed by atoms with van der Waals surface area (Å²) in [6, 6.07) is 16.5. The Bertz CT molecular complexity index is 1200. The molecule has 5 heteroatoms. The molecule has 5 rings (SSSR count). The second kappa shape index (κ2) is 7.76. The van der Waals surface area contributed by atoms with Crippen molar-refractivity contribution in [2.75, 3.05) is 6.54 Å². The molecular formula is C24H18N3S2+. The van der Waals surface area contributed by atoms with Crippen LogP contribution in [0.4, 0.5) is 0 Å². The SMILES string of the molecule is C(#Cc1csc(C2=C[N+]3(CCc4cccs4)C=CN=CC3=N2)c1)c1ccccc1. The lowest BCUT2D eigenvalue weighted by Crippen LogP contribution is -2.44. The molecule has 0 saturated carbocycles. The highest BCUT2D eigenvalue weighted by atomic mass is 32.1. The van der Waals surface area contributed by atoms with E-state index < -0.39 is 0 Å². The minimum atomic E-state index is 0.625. The zero-order valence-electron chi connectivity index (χ0n) is 15.7. The molecule has 29 heavy (non-hydrogen) atoms. The normalized spacial score (nSPS) is 19.3. The second-order valence-electron chi connectivity index (χ2n) is 6.86. The van der Waals surface area contributed by atoms with Gasteiger partial charge in [0.05, 0.1) is 17.6 Å². The summed E-state index contributed by atoms with van der Waals surface area (Å²) in [5.41, 5.74) is 3.05. The van der Waals surface area contributed by atoms with Crippen LogP contribution in [0.1, 0.15) is 20.9 Å². The lowest BCUT2D eigenvalue weighted by molar-refractivity contribution is -0.726. The van der Waals surface area contributed by atoms with E-state index in [1.54, 1.807) is 22.7 Å². The van der Waals surface area contributed by atoms with Gasteiger partial charge in [-0.15, -0.1) is 22.7 Å². The Kier molecular flexibility index (Phi) is 4.82. The smallest absolute Gasteiger partial charge is 0.251 e. The lowest BCUT2D eigenvalue weighted by atomic mass is 10.2. The summed E-state index contributed by atoms with van der Waals surface area (Å²) in [6.45, 7) is 0.942. The predicted molar refractivity (Wildman–Crippen MR) is 123 cm³/mol. The van der Waals surface area contributed by atoms with E-state index in [0.29, 0.717) is 4.48 Å². The van der Waals surface area contributed by atoms with Gasteiger partial charge < -0.3 is 0 Å².